The molecule has 1 atom stereocenters. The fraction of sp³-hybridized carbons (Fsp3) is 0.318. The molecule has 1 aliphatic heterocycles. The summed E-state index contributed by atoms with van der Waals surface area (Å²) in [6.07, 6.45) is 1.53. The fourth-order valence-corrected chi connectivity index (χ4v) is 4.77. The van der Waals surface area contributed by atoms with E-state index in [-0.39, 0.29) is 22.7 Å². The van der Waals surface area contributed by atoms with Crippen LogP contribution in [0.2, 0.25) is 5.02 Å². The van der Waals surface area contributed by atoms with Gasteiger partial charge in [0.25, 0.3) is 5.89 Å². The summed E-state index contributed by atoms with van der Waals surface area (Å²) in [6, 6.07) is 13.3. The van der Waals surface area contributed by atoms with E-state index >= 15 is 0 Å². The topological polar surface area (TPSA) is 86.5 Å². The van der Waals surface area contributed by atoms with Crippen LogP contribution in [0.15, 0.2) is 51.5 Å². The Balaban J connectivity index is 1.33. The van der Waals surface area contributed by atoms with Crippen LogP contribution in [0.5, 0.6) is 0 Å². The predicted octanol–water partition coefficient (Wildman–Crippen LogP) is 4.60. The van der Waals surface area contributed by atoms with E-state index in [2.05, 4.69) is 18.0 Å². The zero-order chi connectivity index (χ0) is 21.8. The highest BCUT2D eigenvalue weighted by atomic mass is 35.5. The molecule has 160 valence electrons. The van der Waals surface area contributed by atoms with Crippen molar-refractivity contribution in [2.45, 2.75) is 12.2 Å². The maximum Gasteiger partial charge on any atom is 0.266 e. The van der Waals surface area contributed by atoms with Crippen LogP contribution in [-0.4, -0.2) is 47.7 Å². The van der Waals surface area contributed by atoms with Crippen molar-refractivity contribution in [3.8, 4) is 17.7 Å². The van der Waals surface area contributed by atoms with Gasteiger partial charge in [0, 0.05) is 36.5 Å². The second kappa shape index (κ2) is 9.50. The highest BCUT2D eigenvalue weighted by molar-refractivity contribution is 8.00. The summed E-state index contributed by atoms with van der Waals surface area (Å²) in [5.74, 6) is 1.66. The van der Waals surface area contributed by atoms with Crippen LogP contribution >= 0.6 is 23.4 Å². The van der Waals surface area contributed by atoms with E-state index < -0.39 is 0 Å². The van der Waals surface area contributed by atoms with Crippen molar-refractivity contribution in [3.63, 3.8) is 0 Å². The molecule has 1 aliphatic rings. The Kier molecular flexibility index (Phi) is 6.54. The fourth-order valence-electron chi connectivity index (χ4n) is 3.45. The zero-order valence-corrected chi connectivity index (χ0v) is 18.5. The van der Waals surface area contributed by atoms with Crippen molar-refractivity contribution in [2.75, 3.05) is 36.8 Å². The van der Waals surface area contributed by atoms with Gasteiger partial charge in [-0.25, -0.2) is 0 Å². The molecular formula is C22H21ClN4O3S. The number of carbonyl (C=O) groups is 1. The van der Waals surface area contributed by atoms with Crippen molar-refractivity contribution >= 4 is 35.2 Å². The number of piperazine rings is 1. The number of halogens is 1. The number of amides is 1. The van der Waals surface area contributed by atoms with Gasteiger partial charge in [-0.1, -0.05) is 29.8 Å². The molecule has 1 unspecified atom stereocenters. The average Bonchev–Trinajstić information content (AvgIpc) is 3.47. The standard InChI is InChI=1S/C22H21ClN4O3S/c1-15(16-5-2-3-6-17(16)23)31-14-20(28)26-8-10-27(11-9-26)22-18(13-24)25-21(30-22)19-7-4-12-29-19/h2-7,12,15H,8-11,14H2,1H3. The monoisotopic (exact) mass is 456 g/mol. The van der Waals surface area contributed by atoms with Gasteiger partial charge in [0.2, 0.25) is 17.5 Å². The highest BCUT2D eigenvalue weighted by Gasteiger charge is 2.27. The molecule has 0 radical (unpaired) electrons. The number of anilines is 1. The average molecular weight is 457 g/mol. The molecule has 2 aromatic heterocycles. The first-order valence-electron chi connectivity index (χ1n) is 9.90. The third-order valence-corrected chi connectivity index (χ3v) is 6.68. The second-order valence-electron chi connectivity index (χ2n) is 7.10. The van der Waals surface area contributed by atoms with E-state index in [9.17, 15) is 10.1 Å². The van der Waals surface area contributed by atoms with Gasteiger partial charge in [-0.2, -0.15) is 10.2 Å². The van der Waals surface area contributed by atoms with Crippen LogP contribution in [0.1, 0.15) is 23.4 Å². The molecule has 0 saturated carbocycles. The molecule has 0 spiro atoms. The van der Waals surface area contributed by atoms with Gasteiger partial charge >= 0.3 is 0 Å². The first kappa shape index (κ1) is 21.3. The molecule has 0 aliphatic carbocycles. The molecule has 1 fully saturated rings. The molecule has 0 N–H and O–H groups in total. The largest absolute Gasteiger partial charge is 0.459 e. The van der Waals surface area contributed by atoms with Gasteiger partial charge in [0.1, 0.15) is 6.07 Å². The summed E-state index contributed by atoms with van der Waals surface area (Å²) < 4.78 is 11.1. The highest BCUT2D eigenvalue weighted by Crippen LogP contribution is 2.33. The van der Waals surface area contributed by atoms with E-state index in [0.29, 0.717) is 43.6 Å². The zero-order valence-electron chi connectivity index (χ0n) is 17.0. The Morgan fingerprint density at radius 3 is 2.71 bits per heavy atom. The Morgan fingerprint density at radius 2 is 2.03 bits per heavy atom. The lowest BCUT2D eigenvalue weighted by Crippen LogP contribution is -2.49. The third kappa shape index (κ3) is 4.73. The van der Waals surface area contributed by atoms with Crippen molar-refractivity contribution < 1.29 is 13.6 Å². The van der Waals surface area contributed by atoms with Crippen LogP contribution in [0.4, 0.5) is 5.88 Å². The van der Waals surface area contributed by atoms with E-state index in [1.54, 1.807) is 23.9 Å². The van der Waals surface area contributed by atoms with Gasteiger partial charge in [-0.15, -0.1) is 11.8 Å². The molecule has 0 bridgehead atoms. The number of hydrogen-bond donors (Lipinski definition) is 0. The first-order valence-corrected chi connectivity index (χ1v) is 11.3. The molecule has 3 aromatic rings. The quantitative estimate of drug-likeness (QED) is 0.535. The smallest absolute Gasteiger partial charge is 0.266 e. The Hall–Kier alpha value is -2.89. The van der Waals surface area contributed by atoms with Gasteiger partial charge < -0.3 is 18.6 Å². The summed E-state index contributed by atoms with van der Waals surface area (Å²) in [5.41, 5.74) is 1.25. The van der Waals surface area contributed by atoms with Gasteiger partial charge in [-0.05, 0) is 30.7 Å². The lowest BCUT2D eigenvalue weighted by atomic mass is 10.2. The maximum atomic E-state index is 12.7. The Labute approximate surface area is 189 Å². The summed E-state index contributed by atoms with van der Waals surface area (Å²) in [5, 5.41) is 10.3. The van der Waals surface area contributed by atoms with Gasteiger partial charge in [-0.3, -0.25) is 4.79 Å². The van der Waals surface area contributed by atoms with E-state index in [1.165, 1.54) is 6.26 Å². The van der Waals surface area contributed by atoms with Crippen LogP contribution in [0.25, 0.3) is 11.7 Å². The molecule has 7 nitrogen and oxygen atoms in total. The van der Waals surface area contributed by atoms with E-state index in [4.69, 9.17) is 20.4 Å². The minimum absolute atomic E-state index is 0.0953. The van der Waals surface area contributed by atoms with E-state index in [1.807, 2.05) is 34.1 Å². The Morgan fingerprint density at radius 1 is 1.26 bits per heavy atom. The van der Waals surface area contributed by atoms with Crippen molar-refractivity contribution in [3.05, 3.63) is 58.9 Å². The first-order chi connectivity index (χ1) is 15.1. The SMILES string of the molecule is CC(SCC(=O)N1CCN(c2oc(-c3ccco3)nc2C#N)CC1)c1ccccc1Cl. The number of nitriles is 1. The third-order valence-electron chi connectivity index (χ3n) is 5.17. The molecule has 31 heavy (non-hydrogen) atoms. The van der Waals surface area contributed by atoms with Crippen LogP contribution < -0.4 is 4.90 Å². The Bertz CT molecular complexity index is 1080. The normalized spacial score (nSPS) is 15.0. The second-order valence-corrected chi connectivity index (χ2v) is 8.84. The number of rotatable bonds is 6. The lowest BCUT2D eigenvalue weighted by molar-refractivity contribution is -0.128. The number of benzene rings is 1. The van der Waals surface area contributed by atoms with Gasteiger partial charge in [0.15, 0.2) is 5.76 Å². The summed E-state index contributed by atoms with van der Waals surface area (Å²) in [7, 11) is 0. The van der Waals surface area contributed by atoms with Crippen LogP contribution in [-0.2, 0) is 4.79 Å². The number of hydrogen-bond acceptors (Lipinski definition) is 7. The van der Waals surface area contributed by atoms with Crippen LogP contribution in [0.3, 0.4) is 0 Å². The summed E-state index contributed by atoms with van der Waals surface area (Å²) in [6.45, 7) is 4.31. The van der Waals surface area contributed by atoms with Crippen molar-refractivity contribution in [2.24, 2.45) is 0 Å². The molecule has 4 rings (SSSR count). The number of thioether (sulfide) groups is 1. The number of nitrogens with zero attached hydrogens (tertiary/aromatic N) is 4. The molecular weight excluding hydrogens is 436 g/mol. The van der Waals surface area contributed by atoms with Gasteiger partial charge in [0.05, 0.1) is 12.0 Å². The van der Waals surface area contributed by atoms with Crippen LogP contribution in [0, 0.1) is 11.3 Å². The number of oxazole rings is 1. The summed E-state index contributed by atoms with van der Waals surface area (Å²) >= 11 is 7.84. The maximum absolute atomic E-state index is 12.7. The number of aromatic nitrogens is 1. The van der Waals surface area contributed by atoms with Crippen molar-refractivity contribution in [1.29, 1.82) is 5.26 Å². The number of carbonyl (C=O) groups excluding carboxylic acids is 1. The van der Waals surface area contributed by atoms with Crippen molar-refractivity contribution in [1.82, 2.24) is 9.88 Å². The molecule has 9 heteroatoms. The molecule has 1 saturated heterocycles. The minimum Gasteiger partial charge on any atom is -0.459 e. The number of furan rings is 1. The van der Waals surface area contributed by atoms with E-state index in [0.717, 1.165) is 10.6 Å². The molecule has 1 amide bonds. The summed E-state index contributed by atoms with van der Waals surface area (Å²) in [4.78, 5) is 20.7. The minimum atomic E-state index is 0.0953. The molecule has 1 aromatic carbocycles. The predicted molar refractivity (Wildman–Crippen MR) is 120 cm³/mol. The lowest BCUT2D eigenvalue weighted by Gasteiger charge is -2.34. The molecule has 3 heterocycles.